The zero-order chi connectivity index (χ0) is 14.1. The summed E-state index contributed by atoms with van der Waals surface area (Å²) < 4.78 is 4.84. The van der Waals surface area contributed by atoms with Crippen LogP contribution in [0.25, 0.3) is 0 Å². The van der Waals surface area contributed by atoms with Crippen molar-refractivity contribution < 1.29 is 14.3 Å². The molecule has 104 valence electrons. The van der Waals surface area contributed by atoms with E-state index in [0.29, 0.717) is 5.02 Å². The van der Waals surface area contributed by atoms with E-state index in [4.69, 9.17) is 16.3 Å². The Morgan fingerprint density at radius 3 is 2.68 bits per heavy atom. The van der Waals surface area contributed by atoms with Crippen molar-refractivity contribution >= 4 is 23.5 Å². The summed E-state index contributed by atoms with van der Waals surface area (Å²) in [7, 11) is 0. The lowest BCUT2D eigenvalue weighted by molar-refractivity contribution is -0.155. The Kier molecular flexibility index (Phi) is 6.97. The van der Waals surface area contributed by atoms with E-state index < -0.39 is 11.9 Å². The van der Waals surface area contributed by atoms with Crippen molar-refractivity contribution in [3.8, 4) is 0 Å². The molecule has 1 amide bonds. The van der Waals surface area contributed by atoms with Crippen LogP contribution in [0.1, 0.15) is 31.7 Å². The van der Waals surface area contributed by atoms with Crippen LogP contribution in [0.15, 0.2) is 24.3 Å². The van der Waals surface area contributed by atoms with Gasteiger partial charge in [-0.05, 0) is 18.1 Å². The standard InChI is InChI=1S/C14H18ClNO3/c1-2-3-6-9-19-14(18)13(17)16-10-11-7-4-5-8-12(11)15/h4-5,7-8H,2-3,6,9-10H2,1H3,(H,16,17). The van der Waals surface area contributed by atoms with E-state index in [1.54, 1.807) is 18.2 Å². The summed E-state index contributed by atoms with van der Waals surface area (Å²) in [4.78, 5) is 22.8. The molecule has 1 rings (SSSR count). The number of hydrogen-bond donors (Lipinski definition) is 1. The lowest BCUT2D eigenvalue weighted by Gasteiger charge is -2.07. The Labute approximate surface area is 118 Å². The van der Waals surface area contributed by atoms with E-state index in [2.05, 4.69) is 12.2 Å². The second kappa shape index (κ2) is 8.53. The lowest BCUT2D eigenvalue weighted by atomic mass is 10.2. The second-order valence-electron chi connectivity index (χ2n) is 4.12. The lowest BCUT2D eigenvalue weighted by Crippen LogP contribution is -2.32. The Balaban J connectivity index is 2.31. The Morgan fingerprint density at radius 2 is 2.00 bits per heavy atom. The molecule has 1 N–H and O–H groups in total. The van der Waals surface area contributed by atoms with Crippen molar-refractivity contribution in [3.05, 3.63) is 34.9 Å². The van der Waals surface area contributed by atoms with Crippen molar-refractivity contribution in [1.29, 1.82) is 0 Å². The molecule has 0 spiro atoms. The summed E-state index contributed by atoms with van der Waals surface area (Å²) in [6, 6.07) is 7.13. The summed E-state index contributed by atoms with van der Waals surface area (Å²) >= 11 is 5.94. The molecule has 0 aliphatic rings. The third kappa shape index (κ3) is 5.75. The van der Waals surface area contributed by atoms with E-state index in [1.165, 1.54) is 0 Å². The SMILES string of the molecule is CCCCCOC(=O)C(=O)NCc1ccccc1Cl. The van der Waals surface area contributed by atoms with E-state index >= 15 is 0 Å². The van der Waals surface area contributed by atoms with Crippen LogP contribution in [0.2, 0.25) is 5.02 Å². The van der Waals surface area contributed by atoms with Gasteiger partial charge in [-0.3, -0.25) is 4.79 Å². The van der Waals surface area contributed by atoms with Gasteiger partial charge in [-0.1, -0.05) is 49.6 Å². The van der Waals surface area contributed by atoms with Gasteiger partial charge in [0.1, 0.15) is 0 Å². The molecule has 4 nitrogen and oxygen atoms in total. The zero-order valence-electron chi connectivity index (χ0n) is 10.9. The Hall–Kier alpha value is -1.55. The summed E-state index contributed by atoms with van der Waals surface area (Å²) in [5.74, 6) is -1.58. The number of benzene rings is 1. The van der Waals surface area contributed by atoms with Gasteiger partial charge in [-0.25, -0.2) is 4.79 Å². The first-order valence-electron chi connectivity index (χ1n) is 6.33. The largest absolute Gasteiger partial charge is 0.459 e. The maximum atomic E-state index is 11.5. The zero-order valence-corrected chi connectivity index (χ0v) is 11.7. The van der Waals surface area contributed by atoms with E-state index in [0.717, 1.165) is 24.8 Å². The van der Waals surface area contributed by atoms with Crippen LogP contribution < -0.4 is 5.32 Å². The molecule has 0 saturated carbocycles. The molecule has 0 radical (unpaired) electrons. The van der Waals surface area contributed by atoms with Crippen LogP contribution >= 0.6 is 11.6 Å². The van der Waals surface area contributed by atoms with Gasteiger partial charge in [-0.15, -0.1) is 0 Å². The first-order valence-corrected chi connectivity index (χ1v) is 6.71. The number of nitrogens with one attached hydrogen (secondary N) is 1. The normalized spacial score (nSPS) is 10.0. The maximum Gasteiger partial charge on any atom is 0.396 e. The Morgan fingerprint density at radius 1 is 1.26 bits per heavy atom. The van der Waals surface area contributed by atoms with Gasteiger partial charge in [-0.2, -0.15) is 0 Å². The van der Waals surface area contributed by atoms with Gasteiger partial charge in [0.2, 0.25) is 0 Å². The molecular formula is C14H18ClNO3. The number of carbonyl (C=O) groups excluding carboxylic acids is 2. The molecule has 0 aliphatic carbocycles. The number of halogens is 1. The van der Waals surface area contributed by atoms with Crippen molar-refractivity contribution in [2.24, 2.45) is 0 Å². The van der Waals surface area contributed by atoms with Crippen LogP contribution in [-0.2, 0) is 20.9 Å². The minimum atomic E-state index is -0.844. The summed E-state index contributed by atoms with van der Waals surface area (Å²) in [5.41, 5.74) is 0.760. The number of unbranched alkanes of at least 4 members (excludes halogenated alkanes) is 2. The topological polar surface area (TPSA) is 55.4 Å². The molecule has 0 atom stereocenters. The van der Waals surface area contributed by atoms with Gasteiger partial charge in [0.15, 0.2) is 0 Å². The van der Waals surface area contributed by atoms with Crippen molar-refractivity contribution in [3.63, 3.8) is 0 Å². The van der Waals surface area contributed by atoms with Crippen LogP contribution in [0, 0.1) is 0 Å². The monoisotopic (exact) mass is 283 g/mol. The minimum absolute atomic E-state index is 0.211. The molecular weight excluding hydrogens is 266 g/mol. The molecule has 5 heteroatoms. The molecule has 19 heavy (non-hydrogen) atoms. The highest BCUT2D eigenvalue weighted by atomic mass is 35.5. The Bertz CT molecular complexity index is 434. The first kappa shape index (κ1) is 15.5. The molecule has 0 heterocycles. The highest BCUT2D eigenvalue weighted by molar-refractivity contribution is 6.33. The van der Waals surface area contributed by atoms with E-state index in [9.17, 15) is 9.59 Å². The van der Waals surface area contributed by atoms with Gasteiger partial charge < -0.3 is 10.1 Å². The van der Waals surface area contributed by atoms with E-state index in [-0.39, 0.29) is 13.2 Å². The number of carbonyl (C=O) groups is 2. The summed E-state index contributed by atoms with van der Waals surface area (Å²) in [6.07, 6.45) is 2.80. The minimum Gasteiger partial charge on any atom is -0.459 e. The highest BCUT2D eigenvalue weighted by Gasteiger charge is 2.14. The van der Waals surface area contributed by atoms with Crippen molar-refractivity contribution in [2.75, 3.05) is 6.61 Å². The van der Waals surface area contributed by atoms with Gasteiger partial charge in [0.05, 0.1) is 6.61 Å². The average molecular weight is 284 g/mol. The summed E-state index contributed by atoms with van der Waals surface area (Å²) in [5, 5.41) is 3.04. The van der Waals surface area contributed by atoms with Gasteiger partial charge >= 0.3 is 11.9 Å². The van der Waals surface area contributed by atoms with Crippen LogP contribution in [0.5, 0.6) is 0 Å². The maximum absolute atomic E-state index is 11.5. The highest BCUT2D eigenvalue weighted by Crippen LogP contribution is 2.14. The van der Waals surface area contributed by atoms with Crippen molar-refractivity contribution in [1.82, 2.24) is 5.32 Å². The number of amides is 1. The molecule has 0 saturated heterocycles. The summed E-state index contributed by atoms with van der Waals surface area (Å²) in [6.45, 7) is 2.55. The fraction of sp³-hybridized carbons (Fsp3) is 0.429. The van der Waals surface area contributed by atoms with Gasteiger partial charge in [0.25, 0.3) is 0 Å². The quantitative estimate of drug-likeness (QED) is 0.496. The van der Waals surface area contributed by atoms with Crippen LogP contribution in [-0.4, -0.2) is 18.5 Å². The predicted molar refractivity (Wildman–Crippen MR) is 73.8 cm³/mol. The second-order valence-corrected chi connectivity index (χ2v) is 4.52. The third-order valence-corrected chi connectivity index (χ3v) is 2.93. The molecule has 0 unspecified atom stereocenters. The van der Waals surface area contributed by atoms with Gasteiger partial charge in [0, 0.05) is 11.6 Å². The molecule has 0 fully saturated rings. The third-order valence-electron chi connectivity index (χ3n) is 2.56. The smallest absolute Gasteiger partial charge is 0.396 e. The fourth-order valence-electron chi connectivity index (χ4n) is 1.47. The van der Waals surface area contributed by atoms with Crippen LogP contribution in [0.3, 0.4) is 0 Å². The number of hydrogen-bond acceptors (Lipinski definition) is 3. The fourth-order valence-corrected chi connectivity index (χ4v) is 1.67. The predicted octanol–water partition coefficient (Wildman–Crippen LogP) is 2.69. The number of esters is 1. The van der Waals surface area contributed by atoms with Crippen molar-refractivity contribution in [2.45, 2.75) is 32.7 Å². The molecule has 1 aromatic carbocycles. The number of ether oxygens (including phenoxy) is 1. The molecule has 0 aliphatic heterocycles. The average Bonchev–Trinajstić information content (AvgIpc) is 2.42. The first-order chi connectivity index (χ1) is 9.15. The number of rotatable bonds is 6. The molecule has 0 bridgehead atoms. The van der Waals surface area contributed by atoms with Crippen LogP contribution in [0.4, 0.5) is 0 Å². The molecule has 0 aromatic heterocycles. The molecule has 1 aromatic rings. The van der Waals surface area contributed by atoms with E-state index in [1.807, 2.05) is 6.07 Å².